The molecule has 0 aromatic heterocycles. The Balaban J connectivity index is 1.97. The number of thioether (sulfide) groups is 1. The lowest BCUT2D eigenvalue weighted by Gasteiger charge is -2.12. The quantitative estimate of drug-likeness (QED) is 0.740. The van der Waals surface area contributed by atoms with Crippen LogP contribution in [0.5, 0.6) is 5.75 Å². The largest absolute Gasteiger partial charge is 0.507 e. The zero-order chi connectivity index (χ0) is 19.7. The Morgan fingerprint density at radius 2 is 1.70 bits per heavy atom. The molecule has 0 spiro atoms. The maximum absolute atomic E-state index is 12.8. The second-order valence-corrected chi connectivity index (χ2v) is 7.84. The van der Waals surface area contributed by atoms with Crippen molar-refractivity contribution < 1.29 is 9.90 Å². The third-order valence-corrected chi connectivity index (χ3v) is 5.74. The number of rotatable bonds is 3. The topological polar surface area (TPSA) is 52.9 Å². The van der Waals surface area contributed by atoms with Crippen LogP contribution in [-0.2, 0) is 4.79 Å². The van der Waals surface area contributed by atoms with Crippen molar-refractivity contribution in [3.63, 3.8) is 0 Å². The van der Waals surface area contributed by atoms with Gasteiger partial charge >= 0.3 is 0 Å². The number of likely N-dealkylation sites (N-methyl/N-ethyl adjacent to an activating group) is 1. The van der Waals surface area contributed by atoms with Gasteiger partial charge < -0.3 is 5.11 Å². The summed E-state index contributed by atoms with van der Waals surface area (Å²) in [6, 6.07) is 9.83. The van der Waals surface area contributed by atoms with Crippen molar-refractivity contribution in [2.45, 2.75) is 34.6 Å². The monoisotopic (exact) mass is 380 g/mol. The van der Waals surface area contributed by atoms with Gasteiger partial charge in [-0.15, -0.1) is 0 Å². The van der Waals surface area contributed by atoms with Crippen molar-refractivity contribution in [2.75, 3.05) is 6.54 Å². The first-order valence-corrected chi connectivity index (χ1v) is 9.79. The van der Waals surface area contributed by atoms with Crippen molar-refractivity contribution in [3.8, 4) is 5.75 Å². The molecular weight excluding hydrogens is 356 g/mol. The van der Waals surface area contributed by atoms with E-state index < -0.39 is 0 Å². The van der Waals surface area contributed by atoms with Crippen molar-refractivity contribution in [1.82, 2.24) is 4.90 Å². The van der Waals surface area contributed by atoms with E-state index in [1.54, 1.807) is 4.90 Å². The van der Waals surface area contributed by atoms with E-state index in [0.29, 0.717) is 22.4 Å². The Bertz CT molecular complexity index is 953. The fraction of sp³-hybridized carbons (Fsp3) is 0.273. The highest BCUT2D eigenvalue weighted by Crippen LogP contribution is 2.35. The maximum atomic E-state index is 12.8. The van der Waals surface area contributed by atoms with E-state index in [2.05, 4.69) is 13.8 Å². The van der Waals surface area contributed by atoms with E-state index in [1.807, 2.05) is 57.2 Å². The van der Waals surface area contributed by atoms with Gasteiger partial charge in [-0.1, -0.05) is 6.07 Å². The fourth-order valence-corrected chi connectivity index (χ4v) is 4.06. The first kappa shape index (κ1) is 19.2. The number of amides is 1. The van der Waals surface area contributed by atoms with Crippen molar-refractivity contribution in [3.05, 3.63) is 63.1 Å². The molecule has 140 valence electrons. The summed E-state index contributed by atoms with van der Waals surface area (Å²) in [7, 11) is 0. The van der Waals surface area contributed by atoms with Crippen molar-refractivity contribution in [1.29, 1.82) is 0 Å². The number of hydrogen-bond acceptors (Lipinski definition) is 4. The zero-order valence-electron chi connectivity index (χ0n) is 16.3. The van der Waals surface area contributed by atoms with E-state index in [4.69, 9.17) is 4.99 Å². The summed E-state index contributed by atoms with van der Waals surface area (Å²) in [6.07, 6.45) is 1.87. The van der Waals surface area contributed by atoms with Gasteiger partial charge in [-0.3, -0.25) is 9.69 Å². The Morgan fingerprint density at radius 3 is 2.30 bits per heavy atom. The number of carbonyl (C=O) groups excluding carboxylic acids is 1. The molecule has 2 aromatic carbocycles. The lowest BCUT2D eigenvalue weighted by molar-refractivity contribution is -0.122. The van der Waals surface area contributed by atoms with Crippen LogP contribution in [0.4, 0.5) is 5.69 Å². The Hall–Kier alpha value is -2.53. The molecule has 0 radical (unpaired) electrons. The van der Waals surface area contributed by atoms with Crippen LogP contribution in [0.2, 0.25) is 0 Å². The van der Waals surface area contributed by atoms with Gasteiger partial charge in [0.05, 0.1) is 10.6 Å². The smallest absolute Gasteiger partial charge is 0.266 e. The molecule has 5 heteroatoms. The zero-order valence-corrected chi connectivity index (χ0v) is 17.1. The Labute approximate surface area is 164 Å². The van der Waals surface area contributed by atoms with Gasteiger partial charge in [0.25, 0.3) is 5.91 Å². The lowest BCUT2D eigenvalue weighted by Crippen LogP contribution is -2.28. The molecule has 1 saturated heterocycles. The standard InChI is InChI=1S/C22H24N2O2S/c1-6-24-21(26)19(12-17-9-15(4)20(25)16(5)10-17)27-22(24)23-18-8-7-13(2)14(3)11-18/h7-12,25H,6H2,1-5H3/b19-12-,23-22?. The summed E-state index contributed by atoms with van der Waals surface area (Å²) in [6.45, 7) is 10.4. The third-order valence-electron chi connectivity index (χ3n) is 4.73. The molecular formula is C22H24N2O2S. The van der Waals surface area contributed by atoms with Gasteiger partial charge in [0.2, 0.25) is 0 Å². The molecule has 1 fully saturated rings. The average molecular weight is 381 g/mol. The first-order chi connectivity index (χ1) is 12.8. The van der Waals surface area contributed by atoms with Crippen LogP contribution in [-0.4, -0.2) is 27.6 Å². The summed E-state index contributed by atoms with van der Waals surface area (Å²) in [5.74, 6) is 0.267. The maximum Gasteiger partial charge on any atom is 0.266 e. The number of aromatic hydroxyl groups is 1. The van der Waals surface area contributed by atoms with E-state index >= 15 is 0 Å². The van der Waals surface area contributed by atoms with Gasteiger partial charge in [-0.2, -0.15) is 0 Å². The second kappa shape index (κ2) is 7.61. The van der Waals surface area contributed by atoms with E-state index in [0.717, 1.165) is 22.4 Å². The van der Waals surface area contributed by atoms with Gasteiger partial charge in [0.1, 0.15) is 5.75 Å². The summed E-state index contributed by atoms with van der Waals surface area (Å²) in [5.41, 5.74) is 5.76. The molecule has 27 heavy (non-hydrogen) atoms. The molecule has 1 N–H and O–H groups in total. The average Bonchev–Trinajstić information content (AvgIpc) is 2.90. The summed E-state index contributed by atoms with van der Waals surface area (Å²) < 4.78 is 0. The van der Waals surface area contributed by atoms with Crippen LogP contribution in [0.15, 0.2) is 40.2 Å². The molecule has 0 aliphatic carbocycles. The minimum absolute atomic E-state index is 0.0338. The normalized spacial score (nSPS) is 17.4. The fourth-order valence-electron chi connectivity index (χ4n) is 3.00. The molecule has 0 saturated carbocycles. The predicted molar refractivity (Wildman–Crippen MR) is 114 cm³/mol. The molecule has 0 bridgehead atoms. The van der Waals surface area contributed by atoms with Crippen LogP contribution < -0.4 is 0 Å². The number of amidine groups is 1. The summed E-state index contributed by atoms with van der Waals surface area (Å²) in [5, 5.41) is 10.6. The highest BCUT2D eigenvalue weighted by atomic mass is 32.2. The predicted octanol–water partition coefficient (Wildman–Crippen LogP) is 5.25. The molecule has 1 amide bonds. The highest BCUT2D eigenvalue weighted by Gasteiger charge is 2.32. The molecule has 4 nitrogen and oxygen atoms in total. The van der Waals surface area contributed by atoms with Gasteiger partial charge in [-0.25, -0.2) is 4.99 Å². The van der Waals surface area contributed by atoms with Crippen LogP contribution in [0.1, 0.15) is 34.7 Å². The van der Waals surface area contributed by atoms with E-state index in [-0.39, 0.29) is 5.91 Å². The molecule has 2 aromatic rings. The molecule has 0 atom stereocenters. The summed E-state index contributed by atoms with van der Waals surface area (Å²) in [4.78, 5) is 19.9. The minimum Gasteiger partial charge on any atom is -0.507 e. The van der Waals surface area contributed by atoms with Gasteiger partial charge in [0, 0.05) is 6.54 Å². The SMILES string of the molecule is CCN1C(=O)/C(=C/c2cc(C)c(O)c(C)c2)SC1=Nc1ccc(C)c(C)c1. The van der Waals surface area contributed by atoms with Gasteiger partial charge in [-0.05, 0) is 105 Å². The Kier molecular flexibility index (Phi) is 5.42. The van der Waals surface area contributed by atoms with Crippen LogP contribution >= 0.6 is 11.8 Å². The van der Waals surface area contributed by atoms with E-state index in [1.165, 1.54) is 22.9 Å². The lowest BCUT2D eigenvalue weighted by atomic mass is 10.1. The number of phenolic OH excluding ortho intramolecular Hbond substituents is 1. The number of benzene rings is 2. The first-order valence-electron chi connectivity index (χ1n) is 8.97. The number of aliphatic imine (C=N–C) groups is 1. The molecule has 1 heterocycles. The van der Waals surface area contributed by atoms with E-state index in [9.17, 15) is 9.90 Å². The van der Waals surface area contributed by atoms with Crippen LogP contribution in [0, 0.1) is 27.7 Å². The Morgan fingerprint density at radius 1 is 1.04 bits per heavy atom. The summed E-state index contributed by atoms with van der Waals surface area (Å²) >= 11 is 1.39. The number of aryl methyl sites for hydroxylation is 4. The van der Waals surface area contributed by atoms with Crippen molar-refractivity contribution in [2.24, 2.45) is 4.99 Å². The number of carbonyl (C=O) groups is 1. The molecule has 3 rings (SSSR count). The highest BCUT2D eigenvalue weighted by molar-refractivity contribution is 8.18. The number of nitrogens with zero attached hydrogens (tertiary/aromatic N) is 2. The van der Waals surface area contributed by atoms with Gasteiger partial charge in [0.15, 0.2) is 5.17 Å². The third kappa shape index (κ3) is 3.93. The van der Waals surface area contributed by atoms with Crippen molar-refractivity contribution >= 4 is 34.6 Å². The van der Waals surface area contributed by atoms with Crippen LogP contribution in [0.25, 0.3) is 6.08 Å². The van der Waals surface area contributed by atoms with Crippen LogP contribution in [0.3, 0.4) is 0 Å². The second-order valence-electron chi connectivity index (χ2n) is 6.83. The molecule has 1 aliphatic rings. The number of hydrogen-bond donors (Lipinski definition) is 1. The molecule has 0 unspecified atom stereocenters. The molecule has 1 aliphatic heterocycles. The number of phenols is 1. The minimum atomic E-state index is -0.0338.